The molecule has 1 fully saturated rings. The van der Waals surface area contributed by atoms with E-state index in [0.717, 1.165) is 0 Å². The Morgan fingerprint density at radius 1 is 1.07 bits per heavy atom. The summed E-state index contributed by atoms with van der Waals surface area (Å²) < 4.78 is 5.30. The largest absolute Gasteiger partial charge is 0.394 e. The van der Waals surface area contributed by atoms with E-state index in [1.807, 2.05) is 0 Å². The molecule has 4 N–H and O–H groups in total. The lowest BCUT2D eigenvalue weighted by Crippen LogP contribution is -2.67. The van der Waals surface area contributed by atoms with Crippen LogP contribution in [0.1, 0.15) is 0 Å². The molecular formula is C9H20NO5+. The molecule has 5 atom stereocenters. The Bertz CT molecular complexity index is 217. The van der Waals surface area contributed by atoms with Crippen LogP contribution in [0, 0.1) is 0 Å². The highest BCUT2D eigenvalue weighted by atomic mass is 16.6. The molecule has 0 spiro atoms. The molecule has 1 aliphatic heterocycles. The molecule has 0 bridgehead atoms. The minimum Gasteiger partial charge on any atom is -0.394 e. The fourth-order valence-electron chi connectivity index (χ4n) is 1.92. The van der Waals surface area contributed by atoms with E-state index in [1.165, 1.54) is 0 Å². The van der Waals surface area contributed by atoms with Gasteiger partial charge in [-0.05, 0) is 0 Å². The molecule has 6 heteroatoms. The molecule has 0 aromatic heterocycles. The van der Waals surface area contributed by atoms with Crippen LogP contribution in [0.25, 0.3) is 0 Å². The van der Waals surface area contributed by atoms with Crippen LogP contribution in [0.15, 0.2) is 0 Å². The van der Waals surface area contributed by atoms with Gasteiger partial charge in [0.15, 0.2) is 6.04 Å². The van der Waals surface area contributed by atoms with Crippen molar-refractivity contribution >= 4 is 0 Å². The molecule has 0 aromatic carbocycles. The number of quaternary nitrogens is 1. The van der Waals surface area contributed by atoms with Gasteiger partial charge in [0.2, 0.25) is 6.29 Å². The van der Waals surface area contributed by atoms with Gasteiger partial charge in [0.05, 0.1) is 27.7 Å². The van der Waals surface area contributed by atoms with Crippen molar-refractivity contribution in [1.82, 2.24) is 0 Å². The first-order valence-electron chi connectivity index (χ1n) is 4.90. The average Bonchev–Trinajstić information content (AvgIpc) is 2.09. The maximum Gasteiger partial charge on any atom is 0.211 e. The Morgan fingerprint density at radius 2 is 1.60 bits per heavy atom. The molecule has 0 radical (unpaired) electrons. The van der Waals surface area contributed by atoms with E-state index >= 15 is 0 Å². The van der Waals surface area contributed by atoms with Crippen LogP contribution in [0.4, 0.5) is 0 Å². The second-order valence-electron chi connectivity index (χ2n) is 4.84. The molecule has 15 heavy (non-hydrogen) atoms. The van der Waals surface area contributed by atoms with E-state index in [4.69, 9.17) is 9.84 Å². The Morgan fingerprint density at radius 3 is 2.00 bits per heavy atom. The highest BCUT2D eigenvalue weighted by Gasteiger charge is 2.50. The highest BCUT2D eigenvalue weighted by molar-refractivity contribution is 4.89. The van der Waals surface area contributed by atoms with Crippen molar-refractivity contribution in [3.8, 4) is 0 Å². The smallest absolute Gasteiger partial charge is 0.211 e. The second kappa shape index (κ2) is 4.32. The van der Waals surface area contributed by atoms with Crippen LogP contribution in [-0.2, 0) is 4.74 Å². The Kier molecular flexibility index (Phi) is 3.70. The number of nitrogens with zero attached hydrogens (tertiary/aromatic N) is 1. The quantitative estimate of drug-likeness (QED) is 0.388. The summed E-state index contributed by atoms with van der Waals surface area (Å²) in [6, 6.07) is -0.636. The lowest BCUT2D eigenvalue weighted by atomic mass is 9.95. The number of ether oxygens (including phenoxy) is 1. The summed E-state index contributed by atoms with van der Waals surface area (Å²) in [6.07, 6.45) is -4.43. The topological polar surface area (TPSA) is 90.2 Å². The van der Waals surface area contributed by atoms with Crippen LogP contribution < -0.4 is 0 Å². The third-order valence-corrected chi connectivity index (χ3v) is 2.76. The van der Waals surface area contributed by atoms with Gasteiger partial charge in [0.1, 0.15) is 18.3 Å². The SMILES string of the molecule is C[N+](C)(C)C1[C@H](O)OC(CO)[C@@H](O)[C@@H]1O. The van der Waals surface area contributed by atoms with Crippen LogP contribution in [-0.4, -0.2) is 83.3 Å². The number of hydrogen-bond acceptors (Lipinski definition) is 5. The average molecular weight is 222 g/mol. The predicted molar refractivity (Wildman–Crippen MR) is 51.8 cm³/mol. The highest BCUT2D eigenvalue weighted by Crippen LogP contribution is 2.25. The molecule has 1 aliphatic rings. The van der Waals surface area contributed by atoms with Gasteiger partial charge in [-0.2, -0.15) is 0 Å². The molecule has 6 nitrogen and oxygen atoms in total. The first-order chi connectivity index (χ1) is 6.79. The van der Waals surface area contributed by atoms with E-state index in [2.05, 4.69) is 0 Å². The summed E-state index contributed by atoms with van der Waals surface area (Å²) in [5.74, 6) is 0. The molecular weight excluding hydrogens is 202 g/mol. The summed E-state index contributed by atoms with van der Waals surface area (Å²) in [6.45, 7) is -0.431. The van der Waals surface area contributed by atoms with E-state index in [0.29, 0.717) is 0 Å². The van der Waals surface area contributed by atoms with Gasteiger partial charge < -0.3 is 29.6 Å². The standard InChI is InChI=1S/C9H20NO5/c1-10(2,3)6-8(13)7(12)5(4-11)15-9(6)14/h5-9,11-14H,4H2,1-3H3/q+1/t5?,6?,7-,8-,9-/m1/s1. The Hall–Kier alpha value is -0.240. The zero-order valence-corrected chi connectivity index (χ0v) is 9.24. The fourth-order valence-corrected chi connectivity index (χ4v) is 1.92. The van der Waals surface area contributed by atoms with Gasteiger partial charge in [-0.1, -0.05) is 0 Å². The van der Waals surface area contributed by atoms with Gasteiger partial charge in [-0.15, -0.1) is 0 Å². The lowest BCUT2D eigenvalue weighted by molar-refractivity contribution is -0.909. The molecule has 1 heterocycles. The summed E-state index contributed by atoms with van der Waals surface area (Å²) >= 11 is 0. The first-order valence-corrected chi connectivity index (χ1v) is 4.90. The van der Waals surface area contributed by atoms with Crippen LogP contribution in [0.3, 0.4) is 0 Å². The van der Waals surface area contributed by atoms with E-state index in [-0.39, 0.29) is 4.48 Å². The lowest BCUT2D eigenvalue weighted by Gasteiger charge is -2.46. The zero-order valence-electron chi connectivity index (χ0n) is 9.24. The Labute approximate surface area is 88.9 Å². The maximum absolute atomic E-state index is 9.83. The number of hydrogen-bond donors (Lipinski definition) is 4. The summed E-state index contributed by atoms with van der Waals surface area (Å²) in [5.41, 5.74) is 0. The van der Waals surface area contributed by atoms with Crippen molar-refractivity contribution in [2.24, 2.45) is 0 Å². The third-order valence-electron chi connectivity index (χ3n) is 2.76. The molecule has 0 aromatic rings. The number of rotatable bonds is 2. The number of likely N-dealkylation sites (N-methyl/N-ethyl adjacent to an activating group) is 1. The van der Waals surface area contributed by atoms with E-state index in [1.54, 1.807) is 21.1 Å². The Balaban J connectivity index is 2.84. The van der Waals surface area contributed by atoms with E-state index < -0.39 is 37.3 Å². The molecule has 1 saturated heterocycles. The van der Waals surface area contributed by atoms with Gasteiger partial charge in [-0.25, -0.2) is 0 Å². The van der Waals surface area contributed by atoms with Crippen LogP contribution in [0.5, 0.6) is 0 Å². The molecule has 0 saturated carbocycles. The zero-order chi connectivity index (χ0) is 11.8. The van der Waals surface area contributed by atoms with Crippen molar-refractivity contribution in [2.45, 2.75) is 30.6 Å². The van der Waals surface area contributed by atoms with Crippen molar-refractivity contribution in [3.05, 3.63) is 0 Å². The predicted octanol–water partition coefficient (Wildman–Crippen LogP) is -2.51. The fraction of sp³-hybridized carbons (Fsp3) is 1.00. The van der Waals surface area contributed by atoms with Gasteiger partial charge in [0.25, 0.3) is 0 Å². The monoisotopic (exact) mass is 222 g/mol. The third kappa shape index (κ3) is 2.47. The van der Waals surface area contributed by atoms with Crippen molar-refractivity contribution < 1.29 is 29.6 Å². The van der Waals surface area contributed by atoms with Crippen LogP contribution >= 0.6 is 0 Å². The van der Waals surface area contributed by atoms with Crippen LogP contribution in [0.2, 0.25) is 0 Å². The van der Waals surface area contributed by atoms with Crippen molar-refractivity contribution in [1.29, 1.82) is 0 Å². The minimum absolute atomic E-state index is 0.261. The summed E-state index contributed by atoms with van der Waals surface area (Å²) in [5, 5.41) is 38.0. The van der Waals surface area contributed by atoms with Crippen molar-refractivity contribution in [3.63, 3.8) is 0 Å². The minimum atomic E-state index is -1.19. The molecule has 2 unspecified atom stereocenters. The molecule has 1 rings (SSSR count). The van der Waals surface area contributed by atoms with Crippen molar-refractivity contribution in [2.75, 3.05) is 27.7 Å². The first kappa shape index (κ1) is 12.8. The molecule has 0 amide bonds. The van der Waals surface area contributed by atoms with Gasteiger partial charge in [0, 0.05) is 0 Å². The summed E-state index contributed by atoms with van der Waals surface area (Å²) in [7, 11) is 5.35. The van der Waals surface area contributed by atoms with E-state index in [9.17, 15) is 15.3 Å². The number of aliphatic hydroxyl groups excluding tert-OH is 4. The number of aliphatic hydroxyl groups is 4. The summed E-state index contributed by atoms with van der Waals surface area (Å²) in [4.78, 5) is 0. The maximum atomic E-state index is 9.83. The normalized spacial score (nSPS) is 43.0. The molecule has 90 valence electrons. The molecule has 0 aliphatic carbocycles. The van der Waals surface area contributed by atoms with Gasteiger partial charge >= 0.3 is 0 Å². The van der Waals surface area contributed by atoms with Gasteiger partial charge in [-0.3, -0.25) is 0 Å². The second-order valence-corrected chi connectivity index (χ2v) is 4.84.